The number of aryl methyl sites for hydroxylation is 1. The number of aliphatic hydroxyl groups is 1. The van der Waals surface area contributed by atoms with Gasteiger partial charge >= 0.3 is 0 Å². The Morgan fingerprint density at radius 2 is 1.91 bits per heavy atom. The third-order valence-corrected chi connectivity index (χ3v) is 6.26. The van der Waals surface area contributed by atoms with E-state index in [1.54, 1.807) is 62.5 Å². The summed E-state index contributed by atoms with van der Waals surface area (Å²) in [6, 6.07) is 11.9. The standard InChI is InChI=1S/C26H26N2O6/c1-5-13-34-20-11-10-17(15-16(20)2)22(29)21-23(30)24(31)28(12-14-33-4)26(21)18-8-6-7-9-19(18)27(3)25(26)32/h5-11,15,29H,1,12-14H2,2-4H3/t26-/m0/s1. The van der Waals surface area contributed by atoms with Crippen LogP contribution in [0.15, 0.2) is 60.7 Å². The molecule has 2 heterocycles. The van der Waals surface area contributed by atoms with Crippen LogP contribution in [-0.2, 0) is 24.7 Å². The van der Waals surface area contributed by atoms with Gasteiger partial charge in [0, 0.05) is 37.5 Å². The monoisotopic (exact) mass is 462 g/mol. The number of hydrogen-bond acceptors (Lipinski definition) is 6. The molecule has 8 heteroatoms. The average molecular weight is 463 g/mol. The van der Waals surface area contributed by atoms with Gasteiger partial charge in [0.2, 0.25) is 0 Å². The fourth-order valence-corrected chi connectivity index (χ4v) is 4.71. The number of ketones is 1. The Balaban J connectivity index is 1.97. The second kappa shape index (κ2) is 8.79. The lowest BCUT2D eigenvalue weighted by Gasteiger charge is -2.34. The fourth-order valence-electron chi connectivity index (χ4n) is 4.71. The number of carbonyl (C=O) groups is 3. The zero-order chi connectivity index (χ0) is 24.6. The van der Waals surface area contributed by atoms with Crippen molar-refractivity contribution in [2.75, 3.05) is 38.8 Å². The molecule has 176 valence electrons. The first-order valence-electron chi connectivity index (χ1n) is 10.8. The van der Waals surface area contributed by atoms with Gasteiger partial charge in [-0.1, -0.05) is 30.9 Å². The number of rotatable bonds is 7. The van der Waals surface area contributed by atoms with Crippen LogP contribution in [0.5, 0.6) is 5.75 Å². The van der Waals surface area contributed by atoms with Gasteiger partial charge in [0.05, 0.1) is 12.2 Å². The zero-order valence-corrected chi connectivity index (χ0v) is 19.3. The van der Waals surface area contributed by atoms with Crippen molar-refractivity contribution in [3.8, 4) is 5.75 Å². The van der Waals surface area contributed by atoms with E-state index < -0.39 is 28.9 Å². The molecule has 2 amide bonds. The zero-order valence-electron chi connectivity index (χ0n) is 19.3. The predicted molar refractivity (Wildman–Crippen MR) is 127 cm³/mol. The highest BCUT2D eigenvalue weighted by molar-refractivity contribution is 6.50. The molecule has 1 fully saturated rings. The molecule has 34 heavy (non-hydrogen) atoms. The second-order valence-corrected chi connectivity index (χ2v) is 8.17. The number of methoxy groups -OCH3 is 1. The summed E-state index contributed by atoms with van der Waals surface area (Å²) < 4.78 is 10.7. The molecule has 0 saturated carbocycles. The van der Waals surface area contributed by atoms with Crippen LogP contribution >= 0.6 is 0 Å². The number of carbonyl (C=O) groups excluding carboxylic acids is 3. The van der Waals surface area contributed by atoms with Crippen LogP contribution in [0, 0.1) is 6.92 Å². The number of likely N-dealkylation sites (N-methyl/N-ethyl adjacent to an activating group) is 1. The minimum Gasteiger partial charge on any atom is -0.507 e. The Morgan fingerprint density at radius 1 is 1.18 bits per heavy atom. The summed E-state index contributed by atoms with van der Waals surface area (Å²) in [5, 5.41) is 11.4. The molecule has 8 nitrogen and oxygen atoms in total. The number of fused-ring (bicyclic) bond motifs is 2. The molecule has 2 aliphatic rings. The van der Waals surface area contributed by atoms with Crippen molar-refractivity contribution in [1.29, 1.82) is 0 Å². The molecule has 0 bridgehead atoms. The van der Waals surface area contributed by atoms with Gasteiger partial charge in [-0.05, 0) is 36.8 Å². The highest BCUT2D eigenvalue weighted by Gasteiger charge is 2.66. The highest BCUT2D eigenvalue weighted by Crippen LogP contribution is 2.53. The minimum absolute atomic E-state index is 0.000867. The molecule has 1 spiro atoms. The van der Waals surface area contributed by atoms with E-state index in [4.69, 9.17) is 9.47 Å². The number of para-hydroxylation sites is 1. The lowest BCUT2D eigenvalue weighted by Crippen LogP contribution is -2.52. The van der Waals surface area contributed by atoms with E-state index in [1.165, 1.54) is 16.9 Å². The Labute approximate surface area is 197 Å². The number of Topliss-reactive ketones (excluding diaryl/α,β-unsaturated/α-hetero) is 1. The third kappa shape index (κ3) is 3.21. The maximum atomic E-state index is 13.8. The molecule has 2 aromatic carbocycles. The molecular weight excluding hydrogens is 436 g/mol. The van der Waals surface area contributed by atoms with E-state index in [0.29, 0.717) is 34.7 Å². The fraction of sp³-hybridized carbons (Fsp3) is 0.269. The maximum absolute atomic E-state index is 13.8. The molecule has 2 aliphatic heterocycles. The first kappa shape index (κ1) is 23.3. The van der Waals surface area contributed by atoms with E-state index in [-0.39, 0.29) is 18.7 Å². The summed E-state index contributed by atoms with van der Waals surface area (Å²) in [4.78, 5) is 43.0. The lowest BCUT2D eigenvalue weighted by atomic mass is 9.82. The Hall–Kier alpha value is -3.91. The van der Waals surface area contributed by atoms with Crippen LogP contribution in [0.2, 0.25) is 0 Å². The van der Waals surface area contributed by atoms with Crippen LogP contribution < -0.4 is 9.64 Å². The molecule has 4 rings (SSSR count). The number of likely N-dealkylation sites (tertiary alicyclic amines) is 1. The summed E-state index contributed by atoms with van der Waals surface area (Å²) in [6.45, 7) is 5.85. The van der Waals surface area contributed by atoms with Crippen molar-refractivity contribution in [3.05, 3.63) is 77.4 Å². The largest absolute Gasteiger partial charge is 0.507 e. The van der Waals surface area contributed by atoms with Gasteiger partial charge in [-0.25, -0.2) is 0 Å². The lowest BCUT2D eigenvalue weighted by molar-refractivity contribution is -0.144. The van der Waals surface area contributed by atoms with Crippen molar-refractivity contribution in [1.82, 2.24) is 4.90 Å². The van der Waals surface area contributed by atoms with Crippen molar-refractivity contribution in [2.24, 2.45) is 0 Å². The first-order chi connectivity index (χ1) is 16.3. The molecule has 0 aliphatic carbocycles. The summed E-state index contributed by atoms with van der Waals surface area (Å²) in [5.41, 5.74) is -0.00603. The van der Waals surface area contributed by atoms with E-state index in [9.17, 15) is 19.5 Å². The quantitative estimate of drug-likeness (QED) is 0.294. The summed E-state index contributed by atoms with van der Waals surface area (Å²) in [5.74, 6) is -2.10. The minimum atomic E-state index is -1.78. The van der Waals surface area contributed by atoms with Gasteiger partial charge in [0.1, 0.15) is 18.1 Å². The molecular formula is C26H26N2O6. The molecule has 0 aromatic heterocycles. The average Bonchev–Trinajstić information content (AvgIpc) is 3.20. The number of amides is 2. The van der Waals surface area contributed by atoms with Crippen molar-refractivity contribution < 1.29 is 29.0 Å². The molecule has 0 unspecified atom stereocenters. The van der Waals surface area contributed by atoms with Crippen LogP contribution in [0.4, 0.5) is 5.69 Å². The predicted octanol–water partition coefficient (Wildman–Crippen LogP) is 2.76. The Bertz CT molecular complexity index is 1230. The van der Waals surface area contributed by atoms with E-state index in [1.807, 2.05) is 0 Å². The number of hydrogen-bond donors (Lipinski definition) is 1. The summed E-state index contributed by atoms with van der Waals surface area (Å²) in [7, 11) is 3.06. The smallest absolute Gasteiger partial charge is 0.296 e. The molecule has 1 N–H and O–H groups in total. The topological polar surface area (TPSA) is 96.4 Å². The molecule has 1 saturated heterocycles. The number of ether oxygens (including phenoxy) is 2. The van der Waals surface area contributed by atoms with Crippen LogP contribution in [0.25, 0.3) is 5.76 Å². The molecule has 1 atom stereocenters. The van der Waals surface area contributed by atoms with E-state index in [0.717, 1.165) is 0 Å². The first-order valence-corrected chi connectivity index (χ1v) is 10.8. The van der Waals surface area contributed by atoms with Crippen molar-refractivity contribution >= 4 is 29.0 Å². The third-order valence-electron chi connectivity index (χ3n) is 6.26. The summed E-state index contributed by atoms with van der Waals surface area (Å²) >= 11 is 0. The van der Waals surface area contributed by atoms with Gasteiger partial charge in [0.15, 0.2) is 5.54 Å². The number of anilines is 1. The van der Waals surface area contributed by atoms with Gasteiger partial charge in [-0.15, -0.1) is 0 Å². The van der Waals surface area contributed by atoms with E-state index >= 15 is 0 Å². The Kier molecular flexibility index (Phi) is 6.01. The number of nitrogens with zero attached hydrogens (tertiary/aromatic N) is 2. The number of benzene rings is 2. The number of aliphatic hydroxyl groups excluding tert-OH is 1. The second-order valence-electron chi connectivity index (χ2n) is 8.17. The van der Waals surface area contributed by atoms with Crippen molar-refractivity contribution in [3.63, 3.8) is 0 Å². The van der Waals surface area contributed by atoms with Crippen molar-refractivity contribution in [2.45, 2.75) is 12.5 Å². The van der Waals surface area contributed by atoms with E-state index in [2.05, 4.69) is 6.58 Å². The van der Waals surface area contributed by atoms with Crippen LogP contribution in [-0.4, -0.2) is 61.5 Å². The maximum Gasteiger partial charge on any atom is 0.296 e. The Morgan fingerprint density at radius 3 is 2.59 bits per heavy atom. The van der Waals surface area contributed by atoms with Gasteiger partial charge < -0.3 is 24.4 Å². The van der Waals surface area contributed by atoms with Gasteiger partial charge in [0.25, 0.3) is 17.6 Å². The molecule has 2 aromatic rings. The SMILES string of the molecule is C=CCOc1ccc(C(O)=C2C(=O)C(=O)N(CCOC)[C@]23C(=O)N(C)c2ccccc23)cc1C. The van der Waals surface area contributed by atoms with Crippen LogP contribution in [0.3, 0.4) is 0 Å². The van der Waals surface area contributed by atoms with Gasteiger partial charge in [-0.2, -0.15) is 0 Å². The highest BCUT2D eigenvalue weighted by atomic mass is 16.5. The van der Waals surface area contributed by atoms with Crippen LogP contribution in [0.1, 0.15) is 16.7 Å². The normalized spacial score (nSPS) is 20.9. The molecule has 0 radical (unpaired) electrons. The summed E-state index contributed by atoms with van der Waals surface area (Å²) in [6.07, 6.45) is 1.62. The van der Waals surface area contributed by atoms with Gasteiger partial charge in [-0.3, -0.25) is 14.4 Å².